The Balaban J connectivity index is 1.43. The molecule has 0 radical (unpaired) electrons. The average Bonchev–Trinajstić information content (AvgIpc) is 2.68. The van der Waals surface area contributed by atoms with Gasteiger partial charge in [-0.05, 0) is 63.9 Å². The summed E-state index contributed by atoms with van der Waals surface area (Å²) in [6.07, 6.45) is 3.44. The summed E-state index contributed by atoms with van der Waals surface area (Å²) in [6, 6.07) is 4.21. The number of carbonyl (C=O) groups is 1. The lowest BCUT2D eigenvalue weighted by Crippen LogP contribution is -2.47. The molecule has 28 heavy (non-hydrogen) atoms. The van der Waals surface area contributed by atoms with Gasteiger partial charge in [-0.15, -0.1) is 0 Å². The van der Waals surface area contributed by atoms with E-state index in [1.807, 2.05) is 4.90 Å². The minimum absolute atomic E-state index is 0.232. The quantitative estimate of drug-likeness (QED) is 0.748. The number of rotatable bonds is 6. The van der Waals surface area contributed by atoms with Gasteiger partial charge < -0.3 is 4.90 Å². The molecule has 7 heteroatoms. The Bertz CT molecular complexity index is 733. The number of likely N-dealkylation sites (tertiary alicyclic amines) is 1. The Kier molecular flexibility index (Phi) is 6.97. The Morgan fingerprint density at radius 1 is 1.11 bits per heavy atom. The molecule has 0 atom stereocenters. The zero-order valence-electron chi connectivity index (χ0n) is 16.5. The summed E-state index contributed by atoms with van der Waals surface area (Å²) >= 11 is 0. The van der Waals surface area contributed by atoms with Crippen molar-refractivity contribution in [2.24, 2.45) is 5.92 Å². The van der Waals surface area contributed by atoms with Gasteiger partial charge in [0.1, 0.15) is 23.2 Å². The molecule has 1 aromatic carbocycles. The van der Waals surface area contributed by atoms with Crippen LogP contribution in [0.15, 0.2) is 12.1 Å². The maximum Gasteiger partial charge on any atom is 0.167 e. The Morgan fingerprint density at radius 3 is 2.39 bits per heavy atom. The first-order chi connectivity index (χ1) is 13.5. The fraction of sp³-hybridized carbons (Fsp3) is 0.619. The minimum Gasteiger partial charge on any atom is -0.367 e. The van der Waals surface area contributed by atoms with Gasteiger partial charge in [0.2, 0.25) is 0 Å². The molecule has 152 valence electrons. The van der Waals surface area contributed by atoms with Gasteiger partial charge in [-0.25, -0.2) is 8.78 Å². The molecule has 0 bridgehead atoms. The number of benzene rings is 1. The van der Waals surface area contributed by atoms with E-state index in [0.717, 1.165) is 52.0 Å². The number of hydrogen-bond donors (Lipinski definition) is 0. The SMILES string of the molecule is CC(=O)CN1CCC(CCN2CCN(c3ccc(F)c(C#N)c3F)CC2)CC1. The largest absolute Gasteiger partial charge is 0.367 e. The van der Waals surface area contributed by atoms with E-state index in [2.05, 4.69) is 9.80 Å². The number of anilines is 1. The fourth-order valence-electron chi connectivity index (χ4n) is 4.21. The van der Waals surface area contributed by atoms with Crippen molar-refractivity contribution in [3.8, 4) is 6.07 Å². The zero-order valence-corrected chi connectivity index (χ0v) is 16.5. The van der Waals surface area contributed by atoms with Gasteiger partial charge in [0.25, 0.3) is 0 Å². The number of Topliss-reactive ketones (excluding diaryl/α,β-unsaturated/α-hetero) is 1. The van der Waals surface area contributed by atoms with Crippen LogP contribution >= 0.6 is 0 Å². The second kappa shape index (κ2) is 9.44. The molecule has 2 aliphatic rings. The van der Waals surface area contributed by atoms with Crippen molar-refractivity contribution in [3.05, 3.63) is 29.3 Å². The highest BCUT2D eigenvalue weighted by atomic mass is 19.1. The topological polar surface area (TPSA) is 50.6 Å². The van der Waals surface area contributed by atoms with E-state index in [-0.39, 0.29) is 5.78 Å². The van der Waals surface area contributed by atoms with Crippen molar-refractivity contribution < 1.29 is 13.6 Å². The standard InChI is InChI=1S/C21H28F2N4O/c1-16(28)15-26-8-5-17(6-9-26)4-7-25-10-12-27(13-11-25)20-3-2-19(22)18(14-24)21(20)23/h2-3,17H,4-13,15H2,1H3. The van der Waals surface area contributed by atoms with Gasteiger partial charge in [0.05, 0.1) is 12.2 Å². The van der Waals surface area contributed by atoms with E-state index in [4.69, 9.17) is 5.26 Å². The van der Waals surface area contributed by atoms with Crippen LogP contribution in [0.2, 0.25) is 0 Å². The lowest BCUT2D eigenvalue weighted by molar-refractivity contribution is -0.118. The first kappa shape index (κ1) is 20.7. The highest BCUT2D eigenvalue weighted by Gasteiger charge is 2.24. The number of piperazine rings is 1. The summed E-state index contributed by atoms with van der Waals surface area (Å²) in [5.41, 5.74) is -0.188. The number of nitriles is 1. The monoisotopic (exact) mass is 390 g/mol. The van der Waals surface area contributed by atoms with E-state index >= 15 is 0 Å². The first-order valence-electron chi connectivity index (χ1n) is 10.0. The third-order valence-corrected chi connectivity index (χ3v) is 5.90. The second-order valence-electron chi connectivity index (χ2n) is 7.91. The van der Waals surface area contributed by atoms with Crippen molar-refractivity contribution in [1.29, 1.82) is 5.26 Å². The summed E-state index contributed by atoms with van der Waals surface area (Å²) in [7, 11) is 0. The van der Waals surface area contributed by atoms with Crippen LogP contribution in [-0.2, 0) is 4.79 Å². The molecule has 0 unspecified atom stereocenters. The van der Waals surface area contributed by atoms with Crippen molar-refractivity contribution in [1.82, 2.24) is 9.80 Å². The summed E-state index contributed by atoms with van der Waals surface area (Å²) in [5.74, 6) is -0.630. The number of carbonyl (C=O) groups excluding carboxylic acids is 1. The Morgan fingerprint density at radius 2 is 1.79 bits per heavy atom. The third kappa shape index (κ3) is 5.06. The summed E-state index contributed by atoms with van der Waals surface area (Å²) in [4.78, 5) is 17.7. The van der Waals surface area contributed by atoms with Gasteiger partial charge in [-0.3, -0.25) is 14.6 Å². The van der Waals surface area contributed by atoms with Crippen molar-refractivity contribution >= 4 is 11.5 Å². The smallest absolute Gasteiger partial charge is 0.167 e. The molecular formula is C21H28F2N4O. The molecule has 0 N–H and O–H groups in total. The van der Waals surface area contributed by atoms with E-state index in [9.17, 15) is 13.6 Å². The molecule has 2 saturated heterocycles. The molecule has 0 aromatic heterocycles. The number of hydrogen-bond acceptors (Lipinski definition) is 5. The van der Waals surface area contributed by atoms with Crippen LogP contribution in [0.1, 0.15) is 31.7 Å². The van der Waals surface area contributed by atoms with E-state index in [1.54, 1.807) is 13.0 Å². The van der Waals surface area contributed by atoms with Crippen molar-refractivity contribution in [2.45, 2.75) is 26.2 Å². The highest BCUT2D eigenvalue weighted by molar-refractivity contribution is 5.77. The molecule has 0 amide bonds. The maximum absolute atomic E-state index is 14.4. The summed E-state index contributed by atoms with van der Waals surface area (Å²) in [6.45, 7) is 8.26. The first-order valence-corrected chi connectivity index (χ1v) is 10.0. The summed E-state index contributed by atoms with van der Waals surface area (Å²) in [5, 5.41) is 8.94. The molecule has 0 saturated carbocycles. The van der Waals surface area contributed by atoms with Crippen LogP contribution in [0, 0.1) is 28.9 Å². The fourth-order valence-corrected chi connectivity index (χ4v) is 4.21. The molecule has 2 heterocycles. The summed E-state index contributed by atoms with van der Waals surface area (Å²) < 4.78 is 27.9. The number of ketones is 1. The van der Waals surface area contributed by atoms with Crippen LogP contribution in [0.3, 0.4) is 0 Å². The molecule has 0 aliphatic carbocycles. The van der Waals surface area contributed by atoms with Crippen LogP contribution < -0.4 is 4.90 Å². The highest BCUT2D eigenvalue weighted by Crippen LogP contribution is 2.26. The molecule has 5 nitrogen and oxygen atoms in total. The Labute approximate surface area is 165 Å². The second-order valence-corrected chi connectivity index (χ2v) is 7.91. The average molecular weight is 390 g/mol. The zero-order chi connectivity index (χ0) is 20.1. The minimum atomic E-state index is -0.809. The van der Waals surface area contributed by atoms with Gasteiger partial charge in [0, 0.05) is 26.2 Å². The third-order valence-electron chi connectivity index (χ3n) is 5.90. The molecule has 1 aromatic rings. The molecule has 2 fully saturated rings. The number of nitrogens with zero attached hydrogens (tertiary/aromatic N) is 4. The maximum atomic E-state index is 14.4. The predicted octanol–water partition coefficient (Wildman–Crippen LogP) is 2.65. The van der Waals surface area contributed by atoms with Crippen LogP contribution in [-0.4, -0.2) is 67.9 Å². The van der Waals surface area contributed by atoms with Gasteiger partial charge in [-0.2, -0.15) is 5.26 Å². The molecule has 0 spiro atoms. The molecule has 3 rings (SSSR count). The molecule has 2 aliphatic heterocycles. The normalized spacial score (nSPS) is 19.6. The van der Waals surface area contributed by atoms with E-state index in [1.165, 1.54) is 12.1 Å². The van der Waals surface area contributed by atoms with Crippen molar-refractivity contribution in [3.63, 3.8) is 0 Å². The lowest BCUT2D eigenvalue weighted by atomic mass is 9.93. The lowest BCUT2D eigenvalue weighted by Gasteiger charge is -2.37. The van der Waals surface area contributed by atoms with Gasteiger partial charge in [0.15, 0.2) is 5.82 Å². The molecular weight excluding hydrogens is 362 g/mol. The number of halogens is 2. The number of piperidine rings is 1. The van der Waals surface area contributed by atoms with Crippen LogP contribution in [0.4, 0.5) is 14.5 Å². The van der Waals surface area contributed by atoms with Gasteiger partial charge in [-0.1, -0.05) is 0 Å². The Hall–Kier alpha value is -2.04. The van der Waals surface area contributed by atoms with E-state index < -0.39 is 17.2 Å². The van der Waals surface area contributed by atoms with Gasteiger partial charge >= 0.3 is 0 Å². The van der Waals surface area contributed by atoms with Crippen LogP contribution in [0.25, 0.3) is 0 Å². The predicted molar refractivity (Wildman–Crippen MR) is 104 cm³/mol. The van der Waals surface area contributed by atoms with Crippen LogP contribution in [0.5, 0.6) is 0 Å². The van der Waals surface area contributed by atoms with E-state index in [0.29, 0.717) is 31.2 Å². The van der Waals surface area contributed by atoms with Crippen molar-refractivity contribution in [2.75, 3.05) is 57.3 Å².